The molecule has 3 aliphatic rings. The lowest BCUT2D eigenvalue weighted by Crippen LogP contribution is -2.69. The largest absolute Gasteiger partial charge is 0.362 e. The molecule has 2 N–H and O–H groups in total. The SMILES string of the molecule is O=C(NC1CCC1)N1CC[C@@H]2[C@H]1C(=O)N2S(=O)(=O)O. The van der Waals surface area contributed by atoms with Crippen molar-refractivity contribution in [2.45, 2.75) is 43.8 Å². The van der Waals surface area contributed by atoms with Gasteiger partial charge in [0.25, 0.3) is 5.91 Å². The predicted molar refractivity (Wildman–Crippen MR) is 63.5 cm³/mol. The Bertz CT molecular complexity index is 529. The number of amides is 3. The molecular weight excluding hydrogens is 274 g/mol. The van der Waals surface area contributed by atoms with Gasteiger partial charge in [-0.2, -0.15) is 8.42 Å². The molecule has 3 amide bonds. The summed E-state index contributed by atoms with van der Waals surface area (Å²) in [5.74, 6) is -0.728. The summed E-state index contributed by atoms with van der Waals surface area (Å²) >= 11 is 0. The van der Waals surface area contributed by atoms with Crippen molar-refractivity contribution in [1.82, 2.24) is 14.5 Å². The van der Waals surface area contributed by atoms with E-state index in [0.717, 1.165) is 19.3 Å². The Kier molecular flexibility index (Phi) is 2.72. The van der Waals surface area contributed by atoms with Crippen molar-refractivity contribution >= 4 is 22.2 Å². The Balaban J connectivity index is 1.68. The maximum atomic E-state index is 12.0. The fourth-order valence-electron chi connectivity index (χ4n) is 2.85. The monoisotopic (exact) mass is 289 g/mol. The molecule has 3 fully saturated rings. The first-order valence-corrected chi connectivity index (χ1v) is 7.67. The van der Waals surface area contributed by atoms with Gasteiger partial charge < -0.3 is 10.2 Å². The molecular formula is C10H15N3O5S. The molecule has 0 aromatic heterocycles. The summed E-state index contributed by atoms with van der Waals surface area (Å²) < 4.78 is 31.4. The summed E-state index contributed by atoms with van der Waals surface area (Å²) in [4.78, 5) is 25.1. The highest BCUT2D eigenvalue weighted by Gasteiger charge is 2.60. The molecule has 1 saturated carbocycles. The zero-order chi connectivity index (χ0) is 13.8. The number of hydrogen-bond acceptors (Lipinski definition) is 4. The molecule has 2 aliphatic heterocycles. The van der Waals surface area contributed by atoms with Gasteiger partial charge in [0.1, 0.15) is 6.04 Å². The van der Waals surface area contributed by atoms with Crippen molar-refractivity contribution in [3.63, 3.8) is 0 Å². The lowest BCUT2D eigenvalue weighted by molar-refractivity contribution is -0.143. The molecule has 0 aromatic rings. The van der Waals surface area contributed by atoms with E-state index in [0.29, 0.717) is 17.3 Å². The lowest BCUT2D eigenvalue weighted by Gasteiger charge is -2.42. The van der Waals surface area contributed by atoms with Gasteiger partial charge in [0.15, 0.2) is 0 Å². The molecule has 2 saturated heterocycles. The van der Waals surface area contributed by atoms with Crippen molar-refractivity contribution in [2.24, 2.45) is 0 Å². The second-order valence-electron chi connectivity index (χ2n) is 5.18. The summed E-state index contributed by atoms with van der Waals surface area (Å²) in [7, 11) is -4.51. The minimum absolute atomic E-state index is 0.166. The average molecular weight is 289 g/mol. The first kappa shape index (κ1) is 12.7. The molecule has 3 rings (SSSR count). The number of rotatable bonds is 2. The standard InChI is InChI=1S/C10H15N3O5S/c14-9-8-7(13(9)19(16,17)18)4-5-12(8)10(15)11-6-2-1-3-6/h6-8H,1-5H2,(H,11,15)(H,16,17,18)/t7-,8+/m1/s1. The summed E-state index contributed by atoms with van der Waals surface area (Å²) in [6.07, 6.45) is 3.35. The van der Waals surface area contributed by atoms with E-state index in [4.69, 9.17) is 4.55 Å². The third kappa shape index (κ3) is 1.88. The Morgan fingerprint density at radius 3 is 2.53 bits per heavy atom. The average Bonchev–Trinajstić information content (AvgIpc) is 2.59. The summed E-state index contributed by atoms with van der Waals surface area (Å²) in [5, 5.41) is 2.82. The molecule has 0 radical (unpaired) electrons. The van der Waals surface area contributed by atoms with Gasteiger partial charge in [-0.15, -0.1) is 0 Å². The highest BCUT2D eigenvalue weighted by Crippen LogP contribution is 2.35. The topological polar surface area (TPSA) is 107 Å². The van der Waals surface area contributed by atoms with Gasteiger partial charge in [-0.3, -0.25) is 9.35 Å². The van der Waals surface area contributed by atoms with Crippen LogP contribution in [0, 0.1) is 0 Å². The minimum atomic E-state index is -4.51. The van der Waals surface area contributed by atoms with Crippen molar-refractivity contribution in [3.05, 3.63) is 0 Å². The van der Waals surface area contributed by atoms with E-state index in [2.05, 4.69) is 5.32 Å². The van der Waals surface area contributed by atoms with Crippen LogP contribution in [0.15, 0.2) is 0 Å². The van der Waals surface area contributed by atoms with E-state index < -0.39 is 28.3 Å². The van der Waals surface area contributed by atoms with Gasteiger partial charge in [-0.25, -0.2) is 9.10 Å². The van der Waals surface area contributed by atoms with Crippen LogP contribution in [0.1, 0.15) is 25.7 Å². The van der Waals surface area contributed by atoms with Crippen LogP contribution >= 0.6 is 0 Å². The van der Waals surface area contributed by atoms with Crippen molar-refractivity contribution in [2.75, 3.05) is 6.54 Å². The second-order valence-corrected chi connectivity index (χ2v) is 6.47. The highest BCUT2D eigenvalue weighted by molar-refractivity contribution is 7.84. The van der Waals surface area contributed by atoms with Crippen LogP contribution in [0.5, 0.6) is 0 Å². The van der Waals surface area contributed by atoms with Gasteiger partial charge in [0.05, 0.1) is 6.04 Å². The minimum Gasteiger partial charge on any atom is -0.335 e. The summed E-state index contributed by atoms with van der Waals surface area (Å²) in [5.41, 5.74) is 0. The molecule has 1 aliphatic carbocycles. The molecule has 8 nitrogen and oxygen atoms in total. The number of likely N-dealkylation sites (tertiary alicyclic amines) is 1. The highest BCUT2D eigenvalue weighted by atomic mass is 32.2. The summed E-state index contributed by atoms with van der Waals surface area (Å²) in [6, 6.07) is -1.52. The first-order valence-electron chi connectivity index (χ1n) is 6.27. The maximum absolute atomic E-state index is 12.0. The van der Waals surface area contributed by atoms with E-state index in [9.17, 15) is 18.0 Å². The molecule has 2 atom stereocenters. The van der Waals surface area contributed by atoms with Crippen LogP contribution < -0.4 is 5.32 Å². The molecule has 19 heavy (non-hydrogen) atoms. The van der Waals surface area contributed by atoms with Gasteiger partial charge in [-0.1, -0.05) is 0 Å². The van der Waals surface area contributed by atoms with E-state index in [1.165, 1.54) is 4.90 Å². The summed E-state index contributed by atoms with van der Waals surface area (Å²) in [6.45, 7) is 0.325. The number of fused-ring (bicyclic) bond motifs is 1. The third-order valence-electron chi connectivity index (χ3n) is 4.08. The lowest BCUT2D eigenvalue weighted by atomic mass is 9.93. The first-order chi connectivity index (χ1) is 8.89. The van der Waals surface area contributed by atoms with Crippen molar-refractivity contribution in [1.29, 1.82) is 0 Å². The van der Waals surface area contributed by atoms with Gasteiger partial charge in [-0.05, 0) is 25.7 Å². The van der Waals surface area contributed by atoms with E-state index >= 15 is 0 Å². The zero-order valence-corrected chi connectivity index (χ0v) is 11.0. The van der Waals surface area contributed by atoms with Crippen LogP contribution in [-0.4, -0.2) is 58.8 Å². The predicted octanol–water partition coefficient (Wildman–Crippen LogP) is -0.664. The Morgan fingerprint density at radius 1 is 1.32 bits per heavy atom. The van der Waals surface area contributed by atoms with Crippen LogP contribution in [0.3, 0.4) is 0 Å². The number of carbonyl (C=O) groups is 2. The van der Waals surface area contributed by atoms with Gasteiger partial charge in [0, 0.05) is 12.6 Å². The Hall–Kier alpha value is -1.35. The Labute approximate surface area is 110 Å². The molecule has 0 aromatic carbocycles. The van der Waals surface area contributed by atoms with E-state index in [1.807, 2.05) is 0 Å². The fourth-order valence-corrected chi connectivity index (χ4v) is 3.75. The molecule has 9 heteroatoms. The number of nitrogens with zero attached hydrogens (tertiary/aromatic N) is 2. The zero-order valence-electron chi connectivity index (χ0n) is 10.2. The quantitative estimate of drug-likeness (QED) is 0.518. The van der Waals surface area contributed by atoms with Crippen LogP contribution in [0.2, 0.25) is 0 Å². The normalized spacial score (nSPS) is 30.7. The molecule has 0 bridgehead atoms. The third-order valence-corrected chi connectivity index (χ3v) is 5.03. The van der Waals surface area contributed by atoms with Crippen molar-refractivity contribution in [3.8, 4) is 0 Å². The fraction of sp³-hybridized carbons (Fsp3) is 0.800. The molecule has 2 heterocycles. The van der Waals surface area contributed by atoms with Crippen molar-refractivity contribution < 1.29 is 22.6 Å². The number of nitrogens with one attached hydrogen (secondary N) is 1. The van der Waals surface area contributed by atoms with Gasteiger partial charge in [0.2, 0.25) is 0 Å². The Morgan fingerprint density at radius 2 is 2.00 bits per heavy atom. The number of carbonyl (C=O) groups excluding carboxylic acids is 2. The number of β-lactam (4-membered cyclic amide) rings is 1. The molecule has 0 unspecified atom stereocenters. The second kappa shape index (κ2) is 4.07. The smallest absolute Gasteiger partial charge is 0.335 e. The van der Waals surface area contributed by atoms with E-state index in [1.54, 1.807) is 0 Å². The van der Waals surface area contributed by atoms with E-state index in [-0.39, 0.29) is 12.1 Å². The van der Waals surface area contributed by atoms with Crippen LogP contribution in [0.25, 0.3) is 0 Å². The van der Waals surface area contributed by atoms with Crippen LogP contribution in [0.4, 0.5) is 4.79 Å². The van der Waals surface area contributed by atoms with Crippen LogP contribution in [-0.2, 0) is 15.1 Å². The number of urea groups is 1. The molecule has 0 spiro atoms. The maximum Gasteiger partial charge on any atom is 0.362 e. The molecule has 106 valence electrons. The van der Waals surface area contributed by atoms with Gasteiger partial charge >= 0.3 is 16.3 Å². The number of hydrogen-bond donors (Lipinski definition) is 2.